The Morgan fingerprint density at radius 3 is 2.71 bits per heavy atom. The van der Waals surface area contributed by atoms with Crippen molar-refractivity contribution in [2.75, 3.05) is 18.4 Å². The lowest BCUT2D eigenvalue weighted by molar-refractivity contribution is -0.121. The molecule has 2 heterocycles. The lowest BCUT2D eigenvalue weighted by Crippen LogP contribution is -2.33. The van der Waals surface area contributed by atoms with Gasteiger partial charge in [0.15, 0.2) is 5.17 Å². The topological polar surface area (TPSA) is 90.9 Å². The number of likely N-dealkylation sites (tertiary alicyclic amines) is 1. The van der Waals surface area contributed by atoms with Crippen molar-refractivity contribution < 1.29 is 14.4 Å². The molecular weight excluding hydrogens is 376 g/mol. The Morgan fingerprint density at radius 1 is 1.18 bits per heavy atom. The number of aliphatic imine (C=N–C) groups is 1. The molecule has 2 aliphatic heterocycles. The van der Waals surface area contributed by atoms with Crippen LogP contribution in [0, 0.1) is 0 Å². The molecule has 3 aliphatic rings. The van der Waals surface area contributed by atoms with Gasteiger partial charge in [-0.15, -0.1) is 0 Å². The van der Waals surface area contributed by atoms with E-state index < -0.39 is 5.25 Å². The first-order valence-corrected chi connectivity index (χ1v) is 10.7. The number of nitrogens with one attached hydrogen (secondary N) is 2. The Morgan fingerprint density at radius 2 is 1.96 bits per heavy atom. The van der Waals surface area contributed by atoms with E-state index in [1.54, 1.807) is 24.3 Å². The third kappa shape index (κ3) is 4.73. The number of amidine groups is 1. The predicted octanol–water partition coefficient (Wildman–Crippen LogP) is 2.39. The maximum absolute atomic E-state index is 12.4. The number of rotatable bonds is 5. The highest BCUT2D eigenvalue weighted by atomic mass is 32.2. The third-order valence-corrected chi connectivity index (χ3v) is 6.26. The number of nitrogens with zero attached hydrogens (tertiary/aromatic N) is 2. The summed E-state index contributed by atoms with van der Waals surface area (Å²) in [5.41, 5.74) is 1.08. The molecule has 28 heavy (non-hydrogen) atoms. The predicted molar refractivity (Wildman–Crippen MR) is 109 cm³/mol. The summed E-state index contributed by atoms with van der Waals surface area (Å²) >= 11 is 1.39. The van der Waals surface area contributed by atoms with E-state index in [4.69, 9.17) is 0 Å². The maximum atomic E-state index is 12.4. The third-order valence-electron chi connectivity index (χ3n) is 5.05. The number of thioether (sulfide) groups is 1. The lowest BCUT2D eigenvalue weighted by Gasteiger charge is -2.27. The van der Waals surface area contributed by atoms with E-state index in [1.807, 2.05) is 0 Å². The summed E-state index contributed by atoms with van der Waals surface area (Å²) in [6.07, 6.45) is 5.56. The summed E-state index contributed by atoms with van der Waals surface area (Å²) < 4.78 is 0. The molecule has 0 unspecified atom stereocenters. The van der Waals surface area contributed by atoms with Crippen LogP contribution < -0.4 is 10.6 Å². The molecule has 0 spiro atoms. The maximum Gasteiger partial charge on any atom is 0.262 e. The van der Waals surface area contributed by atoms with Crippen molar-refractivity contribution in [1.29, 1.82) is 0 Å². The molecule has 0 bridgehead atoms. The van der Waals surface area contributed by atoms with E-state index in [-0.39, 0.29) is 30.2 Å². The van der Waals surface area contributed by atoms with Crippen molar-refractivity contribution in [3.63, 3.8) is 0 Å². The van der Waals surface area contributed by atoms with E-state index in [0.29, 0.717) is 11.3 Å². The monoisotopic (exact) mass is 400 g/mol. The Balaban J connectivity index is 1.31. The number of hydrogen-bond acceptors (Lipinski definition) is 5. The Kier molecular flexibility index (Phi) is 5.66. The second kappa shape index (κ2) is 8.34. The fraction of sp³-hybridized carbons (Fsp3) is 0.500. The van der Waals surface area contributed by atoms with Crippen LogP contribution in [0.5, 0.6) is 0 Å². The second-order valence-corrected chi connectivity index (χ2v) is 8.64. The number of carbonyl (C=O) groups is 3. The normalized spacial score (nSPS) is 22.0. The number of benzene rings is 1. The first kappa shape index (κ1) is 19.0. The van der Waals surface area contributed by atoms with Crippen molar-refractivity contribution in [2.45, 2.75) is 49.8 Å². The first-order valence-electron chi connectivity index (χ1n) is 9.83. The molecule has 8 heteroatoms. The van der Waals surface area contributed by atoms with E-state index in [1.165, 1.54) is 18.2 Å². The van der Waals surface area contributed by atoms with Gasteiger partial charge < -0.3 is 15.5 Å². The smallest absolute Gasteiger partial charge is 0.262 e. The van der Waals surface area contributed by atoms with Crippen molar-refractivity contribution in [3.8, 4) is 0 Å². The van der Waals surface area contributed by atoms with Crippen LogP contribution in [0.2, 0.25) is 0 Å². The van der Waals surface area contributed by atoms with Crippen LogP contribution in [0.3, 0.4) is 0 Å². The van der Waals surface area contributed by atoms with E-state index in [0.717, 1.165) is 43.9 Å². The molecule has 2 N–H and O–H groups in total. The average molecular weight is 401 g/mol. The van der Waals surface area contributed by atoms with Crippen molar-refractivity contribution in [1.82, 2.24) is 10.2 Å². The molecule has 4 rings (SSSR count). The molecule has 148 valence electrons. The summed E-state index contributed by atoms with van der Waals surface area (Å²) in [4.78, 5) is 43.1. The largest absolute Gasteiger partial charge is 0.351 e. The number of hydrogen-bond donors (Lipinski definition) is 2. The minimum atomic E-state index is -0.474. The van der Waals surface area contributed by atoms with Crippen molar-refractivity contribution in [2.24, 2.45) is 4.99 Å². The summed E-state index contributed by atoms with van der Waals surface area (Å²) in [6, 6.07) is 7.15. The zero-order valence-corrected chi connectivity index (χ0v) is 16.5. The highest BCUT2D eigenvalue weighted by molar-refractivity contribution is 8.15. The summed E-state index contributed by atoms with van der Waals surface area (Å²) in [5.74, 6) is -0.612. The van der Waals surface area contributed by atoms with Crippen LogP contribution in [0.4, 0.5) is 5.69 Å². The second-order valence-electron chi connectivity index (χ2n) is 7.47. The number of carbonyl (C=O) groups excluding carboxylic acids is 3. The lowest BCUT2D eigenvalue weighted by atomic mass is 10.1. The van der Waals surface area contributed by atoms with Crippen molar-refractivity contribution in [3.05, 3.63) is 29.8 Å². The SMILES string of the molecule is O=C(C[C@H]1SC(N2CCCCC2)=NC1=O)Nc1cccc(C(=O)NC2CC2)c1. The fourth-order valence-corrected chi connectivity index (χ4v) is 4.46. The molecule has 3 amide bonds. The van der Waals surface area contributed by atoms with Gasteiger partial charge in [0, 0.05) is 36.8 Å². The molecule has 1 atom stereocenters. The van der Waals surface area contributed by atoms with Crippen LogP contribution in [0.1, 0.15) is 48.9 Å². The molecule has 2 fully saturated rings. The van der Waals surface area contributed by atoms with Gasteiger partial charge in [-0.25, -0.2) is 0 Å². The van der Waals surface area contributed by atoms with Gasteiger partial charge in [-0.2, -0.15) is 4.99 Å². The zero-order chi connectivity index (χ0) is 19.5. The summed E-state index contributed by atoms with van der Waals surface area (Å²) in [7, 11) is 0. The van der Waals surface area contributed by atoms with Gasteiger partial charge in [0.05, 0.1) is 0 Å². The van der Waals surface area contributed by atoms with E-state index in [2.05, 4.69) is 20.5 Å². The van der Waals surface area contributed by atoms with Crippen LogP contribution in [0.25, 0.3) is 0 Å². The molecule has 1 aromatic carbocycles. The quantitative estimate of drug-likeness (QED) is 0.792. The van der Waals surface area contributed by atoms with Crippen LogP contribution in [0.15, 0.2) is 29.3 Å². The molecule has 1 saturated heterocycles. The van der Waals surface area contributed by atoms with Gasteiger partial charge in [-0.1, -0.05) is 17.8 Å². The van der Waals surface area contributed by atoms with E-state index in [9.17, 15) is 14.4 Å². The Labute approximate surface area is 168 Å². The molecule has 1 saturated carbocycles. The molecule has 1 aromatic rings. The van der Waals surface area contributed by atoms with Crippen LogP contribution in [-0.4, -0.2) is 52.2 Å². The molecule has 0 aromatic heterocycles. The average Bonchev–Trinajstić information content (AvgIpc) is 3.44. The molecule has 0 radical (unpaired) electrons. The summed E-state index contributed by atoms with van der Waals surface area (Å²) in [6.45, 7) is 1.85. The minimum Gasteiger partial charge on any atom is -0.351 e. The van der Waals surface area contributed by atoms with Gasteiger partial charge in [-0.3, -0.25) is 14.4 Å². The standard InChI is InChI=1S/C20H24N4O3S/c25-17(12-16-19(27)23-20(28-16)24-9-2-1-3-10-24)21-15-6-4-5-13(11-15)18(26)22-14-7-8-14/h4-6,11,14,16H,1-3,7-10,12H2,(H,21,25)(H,22,26)/t16-/m1/s1. The van der Waals surface area contributed by atoms with Crippen LogP contribution >= 0.6 is 11.8 Å². The number of anilines is 1. The zero-order valence-electron chi connectivity index (χ0n) is 15.6. The van der Waals surface area contributed by atoms with Crippen molar-refractivity contribution >= 4 is 40.3 Å². The minimum absolute atomic E-state index is 0.0723. The van der Waals surface area contributed by atoms with Gasteiger partial charge in [0.2, 0.25) is 5.91 Å². The number of amides is 3. The fourth-order valence-electron chi connectivity index (χ4n) is 3.34. The highest BCUT2D eigenvalue weighted by Gasteiger charge is 2.33. The van der Waals surface area contributed by atoms with Gasteiger partial charge in [0.25, 0.3) is 11.8 Å². The first-order chi connectivity index (χ1) is 13.6. The van der Waals surface area contributed by atoms with Crippen LogP contribution in [-0.2, 0) is 9.59 Å². The molecular formula is C20H24N4O3S. The summed E-state index contributed by atoms with van der Waals surface area (Å²) in [5, 5.41) is 6.01. The Bertz CT molecular complexity index is 815. The van der Waals surface area contributed by atoms with E-state index >= 15 is 0 Å². The molecule has 7 nitrogen and oxygen atoms in total. The van der Waals surface area contributed by atoms with Gasteiger partial charge in [0.1, 0.15) is 5.25 Å². The Hall–Kier alpha value is -2.35. The van der Waals surface area contributed by atoms with Gasteiger partial charge in [-0.05, 0) is 50.3 Å². The van der Waals surface area contributed by atoms with Gasteiger partial charge >= 0.3 is 0 Å². The number of piperidine rings is 1. The highest BCUT2D eigenvalue weighted by Crippen LogP contribution is 2.29. The molecule has 1 aliphatic carbocycles.